The average Bonchev–Trinajstić information content (AvgIpc) is 2.84. The summed E-state index contributed by atoms with van der Waals surface area (Å²) in [4.78, 5) is 30.0. The Morgan fingerprint density at radius 3 is 2.38 bits per heavy atom. The molecule has 0 atom stereocenters. The number of benzene rings is 1. The van der Waals surface area contributed by atoms with Crippen molar-refractivity contribution in [1.82, 2.24) is 24.7 Å². The number of hydrogen-bond acceptors (Lipinski definition) is 7. The number of hydrogen-bond donors (Lipinski definition) is 1. The smallest absolute Gasteiger partial charge is 0.409 e. The summed E-state index contributed by atoms with van der Waals surface area (Å²) in [5.41, 5.74) is 0.896. The largest absolute Gasteiger partial charge is 0.450 e. The minimum atomic E-state index is -0.267. The van der Waals surface area contributed by atoms with Gasteiger partial charge < -0.3 is 29.7 Å². The number of likely N-dealkylation sites (N-methyl/N-ethyl adjacent to an activating group) is 1. The predicted octanol–water partition coefficient (Wildman–Crippen LogP) is 2.24. The molecule has 1 N–H and O–H groups in total. The van der Waals surface area contributed by atoms with E-state index in [-0.39, 0.29) is 6.09 Å². The van der Waals surface area contributed by atoms with Crippen LogP contribution in [0.4, 0.5) is 16.6 Å². The number of piperazine rings is 2. The van der Waals surface area contributed by atoms with Gasteiger partial charge in [-0.05, 0) is 37.8 Å². The molecule has 172 valence electrons. The molecule has 9 nitrogen and oxygen atoms in total. The summed E-state index contributed by atoms with van der Waals surface area (Å²) in [6, 6.07) is 8.10. The van der Waals surface area contributed by atoms with Gasteiger partial charge in [0.2, 0.25) is 5.95 Å². The van der Waals surface area contributed by atoms with E-state index in [4.69, 9.17) is 26.9 Å². The Labute approximate surface area is 194 Å². The van der Waals surface area contributed by atoms with Gasteiger partial charge in [-0.2, -0.15) is 4.98 Å². The van der Waals surface area contributed by atoms with Crippen LogP contribution < -0.4 is 10.2 Å². The molecule has 0 saturated carbocycles. The van der Waals surface area contributed by atoms with Gasteiger partial charge >= 0.3 is 6.09 Å². The second-order valence-corrected chi connectivity index (χ2v) is 8.30. The Hall–Kier alpha value is -2.72. The number of fused-ring (bicyclic) bond motifs is 1. The number of nitrogens with zero attached hydrogens (tertiary/aromatic N) is 6. The molecular formula is C22H31N7O2S. The molecule has 0 unspecified atom stereocenters. The van der Waals surface area contributed by atoms with E-state index in [1.165, 1.54) is 0 Å². The summed E-state index contributed by atoms with van der Waals surface area (Å²) in [6.45, 7) is 11.8. The van der Waals surface area contributed by atoms with E-state index in [1.54, 1.807) is 4.90 Å². The third-order valence-electron chi connectivity index (χ3n) is 6.01. The van der Waals surface area contributed by atoms with Crippen LogP contribution in [0.5, 0.6) is 0 Å². The highest BCUT2D eigenvalue weighted by atomic mass is 32.1. The fourth-order valence-electron chi connectivity index (χ4n) is 4.11. The zero-order valence-electron chi connectivity index (χ0n) is 18.8. The van der Waals surface area contributed by atoms with E-state index in [1.807, 2.05) is 30.0 Å². The highest BCUT2D eigenvalue weighted by Gasteiger charge is 2.24. The number of amides is 1. The number of nitrogens with one attached hydrogen (secondary N) is 1. The Bertz CT molecular complexity index is 956. The highest BCUT2D eigenvalue weighted by molar-refractivity contribution is 7.80. The lowest BCUT2D eigenvalue weighted by molar-refractivity contribution is 0.0923. The maximum absolute atomic E-state index is 11.9. The molecule has 1 amide bonds. The number of anilines is 2. The van der Waals surface area contributed by atoms with Gasteiger partial charge in [-0.3, -0.25) is 0 Å². The Balaban J connectivity index is 1.46. The molecule has 1 aromatic carbocycles. The average molecular weight is 458 g/mol. The lowest BCUT2D eigenvalue weighted by Gasteiger charge is -2.36. The number of aromatic nitrogens is 2. The number of para-hydroxylation sites is 1. The molecule has 4 rings (SSSR count). The monoisotopic (exact) mass is 457 g/mol. The third-order valence-corrected chi connectivity index (χ3v) is 6.37. The number of carbonyl (C=O) groups is 1. The van der Waals surface area contributed by atoms with Crippen LogP contribution in [0.3, 0.4) is 0 Å². The lowest BCUT2D eigenvalue weighted by atomic mass is 10.2. The van der Waals surface area contributed by atoms with E-state index in [0.29, 0.717) is 43.8 Å². The number of thiocarbonyl (C=S) groups is 1. The topological polar surface area (TPSA) is 77.1 Å². The van der Waals surface area contributed by atoms with E-state index in [0.717, 1.165) is 49.4 Å². The molecule has 2 aromatic rings. The molecule has 32 heavy (non-hydrogen) atoms. The van der Waals surface area contributed by atoms with Gasteiger partial charge in [-0.25, -0.2) is 9.78 Å². The highest BCUT2D eigenvalue weighted by Crippen LogP contribution is 2.26. The molecule has 0 aliphatic carbocycles. The van der Waals surface area contributed by atoms with Gasteiger partial charge in [0.25, 0.3) is 0 Å². The van der Waals surface area contributed by atoms with Crippen LogP contribution in [0.25, 0.3) is 10.9 Å². The minimum Gasteiger partial charge on any atom is -0.450 e. The van der Waals surface area contributed by atoms with Crippen molar-refractivity contribution in [3.8, 4) is 0 Å². The lowest BCUT2D eigenvalue weighted by Crippen LogP contribution is -2.51. The first-order valence-electron chi connectivity index (χ1n) is 11.3. The SMILES string of the molecule is CCOC(=O)N1CCN(C(=S)Nc2nc(N3CCN(CC)CC3)c3ccccc3n2)CC1. The molecule has 1 aromatic heterocycles. The van der Waals surface area contributed by atoms with Crippen LogP contribution in [-0.4, -0.2) is 101 Å². The van der Waals surface area contributed by atoms with Crippen LogP contribution in [0, 0.1) is 0 Å². The van der Waals surface area contributed by atoms with Crippen LogP contribution in [0.15, 0.2) is 24.3 Å². The maximum Gasteiger partial charge on any atom is 0.409 e. The van der Waals surface area contributed by atoms with Crippen molar-refractivity contribution < 1.29 is 9.53 Å². The molecule has 0 radical (unpaired) electrons. The van der Waals surface area contributed by atoms with Crippen LogP contribution >= 0.6 is 12.2 Å². The number of rotatable bonds is 4. The molecule has 2 aliphatic rings. The van der Waals surface area contributed by atoms with Crippen LogP contribution in [0.2, 0.25) is 0 Å². The second-order valence-electron chi connectivity index (χ2n) is 7.91. The quantitative estimate of drug-likeness (QED) is 0.696. The molecular weight excluding hydrogens is 426 g/mol. The second kappa shape index (κ2) is 10.3. The number of carbonyl (C=O) groups excluding carboxylic acids is 1. The molecule has 2 saturated heterocycles. The first-order valence-corrected chi connectivity index (χ1v) is 11.7. The molecule has 2 fully saturated rings. The third kappa shape index (κ3) is 5.02. The van der Waals surface area contributed by atoms with Gasteiger partial charge in [-0.1, -0.05) is 19.1 Å². The number of ether oxygens (including phenoxy) is 1. The minimum absolute atomic E-state index is 0.267. The summed E-state index contributed by atoms with van der Waals surface area (Å²) in [5.74, 6) is 1.46. The van der Waals surface area contributed by atoms with Crippen LogP contribution in [0.1, 0.15) is 13.8 Å². The summed E-state index contributed by atoms with van der Waals surface area (Å²) in [5, 5.41) is 4.86. The van der Waals surface area contributed by atoms with E-state index in [9.17, 15) is 4.79 Å². The van der Waals surface area contributed by atoms with Crippen molar-refractivity contribution >= 4 is 46.1 Å². The Morgan fingerprint density at radius 2 is 1.69 bits per heavy atom. The van der Waals surface area contributed by atoms with E-state index in [2.05, 4.69) is 28.1 Å². The summed E-state index contributed by atoms with van der Waals surface area (Å²) in [7, 11) is 0. The molecule has 3 heterocycles. The van der Waals surface area contributed by atoms with Crippen molar-refractivity contribution in [2.24, 2.45) is 0 Å². The standard InChI is InChI=1S/C22H31N7O2S/c1-3-26-9-11-27(12-10-26)19-17-7-5-6-8-18(17)23-20(24-19)25-21(32)28-13-15-29(16-14-28)22(30)31-4-2/h5-8H,3-4,9-16H2,1-2H3,(H,23,24,25,32). The fourth-order valence-corrected chi connectivity index (χ4v) is 4.39. The Kier molecular flexibility index (Phi) is 7.21. The normalized spacial score (nSPS) is 17.5. The van der Waals surface area contributed by atoms with Crippen molar-refractivity contribution in [3.63, 3.8) is 0 Å². The Morgan fingerprint density at radius 1 is 1.00 bits per heavy atom. The predicted molar refractivity (Wildman–Crippen MR) is 130 cm³/mol. The van der Waals surface area contributed by atoms with Gasteiger partial charge in [0.15, 0.2) is 5.11 Å². The van der Waals surface area contributed by atoms with Crippen molar-refractivity contribution in [1.29, 1.82) is 0 Å². The van der Waals surface area contributed by atoms with E-state index < -0.39 is 0 Å². The van der Waals surface area contributed by atoms with Crippen LogP contribution in [-0.2, 0) is 4.74 Å². The molecule has 0 bridgehead atoms. The van der Waals surface area contributed by atoms with Crippen molar-refractivity contribution in [2.45, 2.75) is 13.8 Å². The zero-order valence-corrected chi connectivity index (χ0v) is 19.6. The first kappa shape index (κ1) is 22.5. The van der Waals surface area contributed by atoms with Crippen molar-refractivity contribution in [3.05, 3.63) is 24.3 Å². The van der Waals surface area contributed by atoms with E-state index >= 15 is 0 Å². The first-order chi connectivity index (χ1) is 15.6. The van der Waals surface area contributed by atoms with Gasteiger partial charge in [0.05, 0.1) is 12.1 Å². The fraction of sp³-hybridized carbons (Fsp3) is 0.545. The van der Waals surface area contributed by atoms with Gasteiger partial charge in [0, 0.05) is 57.7 Å². The molecule has 10 heteroatoms. The van der Waals surface area contributed by atoms with Gasteiger partial charge in [0.1, 0.15) is 5.82 Å². The molecule has 0 spiro atoms. The van der Waals surface area contributed by atoms with Gasteiger partial charge in [-0.15, -0.1) is 0 Å². The molecule has 2 aliphatic heterocycles. The summed E-state index contributed by atoms with van der Waals surface area (Å²) < 4.78 is 5.09. The maximum atomic E-state index is 11.9. The summed E-state index contributed by atoms with van der Waals surface area (Å²) >= 11 is 5.64. The van der Waals surface area contributed by atoms with Crippen molar-refractivity contribution in [2.75, 3.05) is 75.7 Å². The zero-order chi connectivity index (χ0) is 22.5. The summed E-state index contributed by atoms with van der Waals surface area (Å²) in [6.07, 6.45) is -0.267.